The number of hydrogen-bond acceptors (Lipinski definition) is 2. The predicted molar refractivity (Wildman–Crippen MR) is 65.2 cm³/mol. The van der Waals surface area contributed by atoms with Crippen molar-refractivity contribution in [3.05, 3.63) is 21.9 Å². The van der Waals surface area contributed by atoms with Gasteiger partial charge >= 0.3 is 0 Å². The summed E-state index contributed by atoms with van der Waals surface area (Å²) in [6, 6.07) is 0. The Morgan fingerprint density at radius 3 is 2.53 bits per heavy atom. The molecule has 0 fully saturated rings. The van der Waals surface area contributed by atoms with E-state index in [0.717, 1.165) is 11.1 Å². The molecule has 1 heterocycles. The number of carbonyl (C=O) groups is 1. The van der Waals surface area contributed by atoms with Gasteiger partial charge in [-0.2, -0.15) is 11.3 Å². The summed E-state index contributed by atoms with van der Waals surface area (Å²) in [6.07, 6.45) is 0.328. The van der Waals surface area contributed by atoms with Crippen molar-refractivity contribution in [2.24, 2.45) is 5.41 Å². The second kappa shape index (κ2) is 4.63. The number of Topliss-reactive ketones (excluding diaryl/α,β-unsaturated/α-hetero) is 1. The van der Waals surface area contributed by atoms with E-state index in [1.165, 1.54) is 0 Å². The molecule has 0 aliphatic heterocycles. The molecule has 1 rings (SSSR count). The van der Waals surface area contributed by atoms with Crippen molar-refractivity contribution in [3.63, 3.8) is 0 Å². The number of aryl methyl sites for hydroxylation is 1. The fourth-order valence-corrected chi connectivity index (χ4v) is 1.98. The van der Waals surface area contributed by atoms with Crippen molar-refractivity contribution in [1.82, 2.24) is 0 Å². The molecule has 0 radical (unpaired) electrons. The van der Waals surface area contributed by atoms with Gasteiger partial charge in [-0.25, -0.2) is 0 Å². The van der Waals surface area contributed by atoms with Crippen molar-refractivity contribution < 1.29 is 4.79 Å². The van der Waals surface area contributed by atoms with E-state index in [-0.39, 0.29) is 11.2 Å². The lowest BCUT2D eigenvalue weighted by molar-refractivity contribution is 0.0998. The van der Waals surface area contributed by atoms with Crippen LogP contribution >= 0.6 is 11.3 Å². The summed E-state index contributed by atoms with van der Waals surface area (Å²) < 4.78 is 0. The smallest absolute Gasteiger partial charge is 0.175 e. The highest BCUT2D eigenvalue weighted by atomic mass is 32.1. The number of carbonyl (C=O) groups excluding carboxylic acids is 1. The highest BCUT2D eigenvalue weighted by Crippen LogP contribution is 2.15. The Morgan fingerprint density at radius 2 is 2.07 bits per heavy atom. The van der Waals surface area contributed by atoms with Crippen molar-refractivity contribution >= 4 is 17.1 Å². The summed E-state index contributed by atoms with van der Waals surface area (Å²) in [5.41, 5.74) is 1.86. The minimum atomic E-state index is -0.0238. The summed E-state index contributed by atoms with van der Waals surface area (Å²) in [5, 5.41) is 3.89. The molecule has 1 nitrogen and oxygen atoms in total. The molecule has 0 aromatic carbocycles. The molecule has 1 aromatic rings. The fourth-order valence-electron chi connectivity index (χ4n) is 1.13. The lowest BCUT2D eigenvalue weighted by Crippen LogP contribution is -2.01. The molecule has 80 valence electrons. The van der Waals surface area contributed by atoms with Crippen molar-refractivity contribution in [1.29, 1.82) is 0 Å². The average Bonchev–Trinajstić information content (AvgIpc) is 2.48. The molecule has 0 bridgehead atoms. The quantitative estimate of drug-likeness (QED) is 0.549. The van der Waals surface area contributed by atoms with Gasteiger partial charge in [-0.15, -0.1) is 0 Å². The third-order valence-electron chi connectivity index (χ3n) is 1.87. The first-order valence-corrected chi connectivity index (χ1v) is 5.90. The van der Waals surface area contributed by atoms with Crippen LogP contribution in [0.1, 0.15) is 43.1 Å². The molecule has 1 aromatic heterocycles. The van der Waals surface area contributed by atoms with E-state index in [4.69, 9.17) is 0 Å². The maximum absolute atomic E-state index is 11.7. The van der Waals surface area contributed by atoms with Gasteiger partial charge in [0.2, 0.25) is 0 Å². The van der Waals surface area contributed by atoms with Gasteiger partial charge in [0.25, 0.3) is 0 Å². The Hall–Kier alpha value is -1.07. The van der Waals surface area contributed by atoms with Gasteiger partial charge in [0, 0.05) is 16.4 Å². The largest absolute Gasteiger partial charge is 0.293 e. The molecule has 0 aliphatic rings. The van der Waals surface area contributed by atoms with E-state index in [1.54, 1.807) is 11.3 Å². The van der Waals surface area contributed by atoms with Crippen LogP contribution in [-0.2, 0) is 0 Å². The number of ketones is 1. The van der Waals surface area contributed by atoms with Crippen molar-refractivity contribution in [2.45, 2.75) is 34.1 Å². The van der Waals surface area contributed by atoms with E-state index in [1.807, 2.05) is 38.5 Å². The number of rotatable bonds is 2. The Morgan fingerprint density at radius 1 is 1.40 bits per heavy atom. The summed E-state index contributed by atoms with van der Waals surface area (Å²) in [7, 11) is 0. The predicted octanol–water partition coefficient (Wildman–Crippen LogP) is 3.68. The van der Waals surface area contributed by atoms with Gasteiger partial charge in [0.15, 0.2) is 5.78 Å². The van der Waals surface area contributed by atoms with Gasteiger partial charge < -0.3 is 0 Å². The van der Waals surface area contributed by atoms with E-state index in [9.17, 15) is 4.79 Å². The monoisotopic (exact) mass is 220 g/mol. The first-order valence-electron chi connectivity index (χ1n) is 4.96. The third-order valence-corrected chi connectivity index (χ3v) is 2.73. The first kappa shape index (κ1) is 12.0. The summed E-state index contributed by atoms with van der Waals surface area (Å²) >= 11 is 1.56. The lowest BCUT2D eigenvalue weighted by Gasteiger charge is -2.06. The number of thiophene rings is 1. The average molecular weight is 220 g/mol. The minimum absolute atomic E-state index is 0.0238. The maximum atomic E-state index is 11.7. The van der Waals surface area contributed by atoms with E-state index < -0.39 is 0 Å². The van der Waals surface area contributed by atoms with Gasteiger partial charge in [0.05, 0.1) is 6.42 Å². The van der Waals surface area contributed by atoms with Gasteiger partial charge in [-0.1, -0.05) is 11.8 Å². The van der Waals surface area contributed by atoms with E-state index >= 15 is 0 Å². The Labute approximate surface area is 95.5 Å². The highest BCUT2D eigenvalue weighted by Gasteiger charge is 2.08. The second-order valence-corrected chi connectivity index (χ2v) is 5.36. The van der Waals surface area contributed by atoms with Gasteiger partial charge in [-0.3, -0.25) is 4.79 Å². The van der Waals surface area contributed by atoms with Crippen LogP contribution in [-0.4, -0.2) is 5.78 Å². The van der Waals surface area contributed by atoms with Crippen LogP contribution in [0.2, 0.25) is 0 Å². The molecular weight excluding hydrogens is 204 g/mol. The van der Waals surface area contributed by atoms with Crippen molar-refractivity contribution in [2.75, 3.05) is 0 Å². The zero-order valence-electron chi connectivity index (χ0n) is 9.68. The minimum Gasteiger partial charge on any atom is -0.293 e. The molecule has 15 heavy (non-hydrogen) atoms. The molecule has 2 heteroatoms. The SMILES string of the molecule is Cc1cscc1C(=O)CC#CC(C)(C)C. The highest BCUT2D eigenvalue weighted by molar-refractivity contribution is 7.08. The van der Waals surface area contributed by atoms with Crippen LogP contribution in [0.5, 0.6) is 0 Å². The Kier molecular flexibility index (Phi) is 3.71. The van der Waals surface area contributed by atoms with Crippen LogP contribution in [0.3, 0.4) is 0 Å². The van der Waals surface area contributed by atoms with E-state index in [2.05, 4.69) is 11.8 Å². The molecule has 0 spiro atoms. The molecule has 0 saturated carbocycles. The zero-order chi connectivity index (χ0) is 11.5. The van der Waals surface area contributed by atoms with Crippen LogP contribution in [0.15, 0.2) is 10.8 Å². The standard InChI is InChI=1S/C13H16OS/c1-10-8-15-9-11(10)12(14)6-5-7-13(2,3)4/h8-9H,6H2,1-4H3. The summed E-state index contributed by atoms with van der Waals surface area (Å²) in [4.78, 5) is 11.7. The number of hydrogen-bond donors (Lipinski definition) is 0. The lowest BCUT2D eigenvalue weighted by atomic mass is 9.97. The maximum Gasteiger partial charge on any atom is 0.175 e. The Balaban J connectivity index is 2.65. The van der Waals surface area contributed by atoms with Crippen LogP contribution in [0.4, 0.5) is 0 Å². The molecule has 0 saturated heterocycles. The topological polar surface area (TPSA) is 17.1 Å². The summed E-state index contributed by atoms with van der Waals surface area (Å²) in [6.45, 7) is 8.09. The van der Waals surface area contributed by atoms with Crippen molar-refractivity contribution in [3.8, 4) is 11.8 Å². The Bertz CT molecular complexity index is 410. The first-order chi connectivity index (χ1) is 6.90. The van der Waals surface area contributed by atoms with Gasteiger partial charge in [-0.05, 0) is 38.6 Å². The summed E-state index contributed by atoms with van der Waals surface area (Å²) in [5.74, 6) is 6.14. The zero-order valence-corrected chi connectivity index (χ0v) is 10.5. The molecule has 0 N–H and O–H groups in total. The second-order valence-electron chi connectivity index (χ2n) is 4.62. The molecule has 0 amide bonds. The molecular formula is C13H16OS. The molecule has 0 atom stereocenters. The van der Waals surface area contributed by atoms with Crippen LogP contribution in [0, 0.1) is 24.2 Å². The van der Waals surface area contributed by atoms with Crippen LogP contribution < -0.4 is 0 Å². The van der Waals surface area contributed by atoms with Gasteiger partial charge in [0.1, 0.15) is 0 Å². The third kappa shape index (κ3) is 3.89. The normalized spacial score (nSPS) is 10.7. The van der Waals surface area contributed by atoms with E-state index in [0.29, 0.717) is 6.42 Å². The molecule has 0 aliphatic carbocycles. The van der Waals surface area contributed by atoms with Crippen LogP contribution in [0.25, 0.3) is 0 Å². The molecule has 0 unspecified atom stereocenters. The fraction of sp³-hybridized carbons (Fsp3) is 0.462.